The van der Waals surface area contributed by atoms with Crippen molar-refractivity contribution in [2.45, 2.75) is 12.6 Å². The number of hydrogen-bond acceptors (Lipinski definition) is 6. The van der Waals surface area contributed by atoms with Crippen LogP contribution < -0.4 is 14.2 Å². The number of carbonyl (C=O) groups excluding carboxylic acids is 2. The van der Waals surface area contributed by atoms with Crippen LogP contribution in [0.2, 0.25) is 0 Å². The highest BCUT2D eigenvalue weighted by molar-refractivity contribution is 6.46. The molecule has 3 aromatic carbocycles. The van der Waals surface area contributed by atoms with Crippen LogP contribution in [0.15, 0.2) is 72.3 Å². The Labute approximate surface area is 194 Å². The van der Waals surface area contributed by atoms with Crippen molar-refractivity contribution in [3.05, 3.63) is 94.8 Å². The zero-order chi connectivity index (χ0) is 23.8. The zero-order valence-electron chi connectivity index (χ0n) is 18.2. The molecular formula is C26H20FNO6. The Morgan fingerprint density at radius 1 is 1.06 bits per heavy atom. The van der Waals surface area contributed by atoms with Gasteiger partial charge < -0.3 is 24.2 Å². The predicted octanol–water partition coefficient (Wildman–Crippen LogP) is 4.18. The molecule has 34 heavy (non-hydrogen) atoms. The van der Waals surface area contributed by atoms with E-state index in [2.05, 4.69) is 0 Å². The third-order valence-corrected chi connectivity index (χ3v) is 5.86. The van der Waals surface area contributed by atoms with Gasteiger partial charge in [0.1, 0.15) is 17.3 Å². The van der Waals surface area contributed by atoms with Gasteiger partial charge in [-0.2, -0.15) is 0 Å². The van der Waals surface area contributed by atoms with E-state index in [-0.39, 0.29) is 30.2 Å². The van der Waals surface area contributed by atoms with Crippen LogP contribution in [-0.2, 0) is 16.1 Å². The second-order valence-corrected chi connectivity index (χ2v) is 7.90. The highest BCUT2D eigenvalue weighted by Gasteiger charge is 2.46. The van der Waals surface area contributed by atoms with Gasteiger partial charge in [0.15, 0.2) is 11.5 Å². The number of rotatable bonds is 5. The number of aliphatic hydroxyl groups is 1. The third kappa shape index (κ3) is 3.73. The first kappa shape index (κ1) is 21.5. The standard InChI is InChI=1S/C26H20FNO6/c1-32-19-4-2-3-17(12-19)23-22(24(29)16-6-8-18(27)9-7-16)25(30)26(31)28(23)13-15-5-10-20-21(11-15)34-14-33-20/h2-12,23,29H,13-14H2,1H3/b24-22+. The van der Waals surface area contributed by atoms with Gasteiger partial charge >= 0.3 is 0 Å². The Morgan fingerprint density at radius 2 is 1.82 bits per heavy atom. The van der Waals surface area contributed by atoms with Crippen molar-refractivity contribution in [3.8, 4) is 17.2 Å². The molecule has 0 spiro atoms. The molecule has 3 aromatic rings. The number of halogens is 1. The summed E-state index contributed by atoms with van der Waals surface area (Å²) in [6, 6.07) is 16.4. The van der Waals surface area contributed by atoms with Crippen LogP contribution in [0.25, 0.3) is 5.76 Å². The lowest BCUT2D eigenvalue weighted by molar-refractivity contribution is -0.140. The number of methoxy groups -OCH3 is 1. The molecule has 1 fully saturated rings. The number of fused-ring (bicyclic) bond motifs is 1. The lowest BCUT2D eigenvalue weighted by Crippen LogP contribution is -2.29. The molecule has 1 amide bonds. The van der Waals surface area contributed by atoms with Crippen LogP contribution in [-0.4, -0.2) is 35.6 Å². The summed E-state index contributed by atoms with van der Waals surface area (Å²) in [5, 5.41) is 11.1. The molecule has 1 atom stereocenters. The van der Waals surface area contributed by atoms with Gasteiger partial charge in [0.05, 0.1) is 18.7 Å². The largest absolute Gasteiger partial charge is 0.507 e. The molecule has 8 heteroatoms. The Hall–Kier alpha value is -4.33. The summed E-state index contributed by atoms with van der Waals surface area (Å²) in [5.74, 6) is -0.745. The number of hydrogen-bond donors (Lipinski definition) is 1. The van der Waals surface area contributed by atoms with Crippen molar-refractivity contribution in [3.63, 3.8) is 0 Å². The molecule has 2 aliphatic rings. The van der Waals surface area contributed by atoms with E-state index in [4.69, 9.17) is 14.2 Å². The number of nitrogens with zero attached hydrogens (tertiary/aromatic N) is 1. The zero-order valence-corrected chi connectivity index (χ0v) is 18.2. The van der Waals surface area contributed by atoms with Crippen molar-refractivity contribution in [2.75, 3.05) is 13.9 Å². The van der Waals surface area contributed by atoms with Gasteiger partial charge in [-0.1, -0.05) is 18.2 Å². The summed E-state index contributed by atoms with van der Waals surface area (Å²) >= 11 is 0. The first-order chi connectivity index (χ1) is 16.5. The molecule has 172 valence electrons. The van der Waals surface area contributed by atoms with Crippen LogP contribution in [0.3, 0.4) is 0 Å². The molecule has 2 heterocycles. The minimum atomic E-state index is -0.884. The third-order valence-electron chi connectivity index (χ3n) is 5.86. The molecule has 0 bridgehead atoms. The van der Waals surface area contributed by atoms with E-state index in [9.17, 15) is 19.1 Å². The first-order valence-corrected chi connectivity index (χ1v) is 10.5. The average Bonchev–Trinajstić information content (AvgIpc) is 3.42. The summed E-state index contributed by atoms with van der Waals surface area (Å²) in [6.07, 6.45) is 0. The van der Waals surface area contributed by atoms with E-state index in [1.165, 1.54) is 36.3 Å². The molecule has 0 saturated carbocycles. The minimum Gasteiger partial charge on any atom is -0.507 e. The van der Waals surface area contributed by atoms with Crippen molar-refractivity contribution in [2.24, 2.45) is 0 Å². The number of Topliss-reactive ketones (excluding diaryl/α,β-unsaturated/α-hetero) is 1. The molecule has 1 N–H and O–H groups in total. The fraction of sp³-hybridized carbons (Fsp3) is 0.154. The monoisotopic (exact) mass is 461 g/mol. The van der Waals surface area contributed by atoms with Crippen LogP contribution in [0, 0.1) is 5.82 Å². The molecule has 0 radical (unpaired) electrons. The number of carbonyl (C=O) groups is 2. The maximum Gasteiger partial charge on any atom is 0.295 e. The molecule has 7 nitrogen and oxygen atoms in total. The van der Waals surface area contributed by atoms with Crippen molar-refractivity contribution in [1.82, 2.24) is 4.90 Å². The highest BCUT2D eigenvalue weighted by atomic mass is 19.1. The van der Waals surface area contributed by atoms with Crippen molar-refractivity contribution < 1.29 is 33.3 Å². The van der Waals surface area contributed by atoms with Gasteiger partial charge in [-0.05, 0) is 59.7 Å². The number of ether oxygens (including phenoxy) is 3. The van der Waals surface area contributed by atoms with Gasteiger partial charge in [-0.25, -0.2) is 4.39 Å². The van der Waals surface area contributed by atoms with Gasteiger partial charge in [0.2, 0.25) is 6.79 Å². The molecule has 1 unspecified atom stereocenters. The summed E-state index contributed by atoms with van der Waals surface area (Å²) in [4.78, 5) is 27.7. The SMILES string of the molecule is COc1cccc(C2/C(=C(\O)c3ccc(F)cc3)C(=O)C(=O)N2Cc2ccc3c(c2)OCO3)c1. The predicted molar refractivity (Wildman–Crippen MR) is 120 cm³/mol. The second kappa shape index (κ2) is 8.55. The summed E-state index contributed by atoms with van der Waals surface area (Å²) in [7, 11) is 1.52. The number of benzene rings is 3. The Bertz CT molecular complexity index is 1320. The van der Waals surface area contributed by atoms with Crippen molar-refractivity contribution >= 4 is 17.4 Å². The summed E-state index contributed by atoms with van der Waals surface area (Å²) < 4.78 is 29.5. The Balaban J connectivity index is 1.62. The second-order valence-electron chi connectivity index (χ2n) is 7.90. The molecule has 0 aliphatic carbocycles. The van der Waals surface area contributed by atoms with E-state index in [1.807, 2.05) is 0 Å². The summed E-state index contributed by atoms with van der Waals surface area (Å²) in [6.45, 7) is 0.202. The number of likely N-dealkylation sites (tertiary alicyclic amines) is 1. The smallest absolute Gasteiger partial charge is 0.295 e. The molecule has 2 aliphatic heterocycles. The Morgan fingerprint density at radius 3 is 2.59 bits per heavy atom. The van der Waals surface area contributed by atoms with Gasteiger partial charge in [-0.3, -0.25) is 9.59 Å². The van der Waals surface area contributed by atoms with Crippen LogP contribution in [0.1, 0.15) is 22.7 Å². The highest BCUT2D eigenvalue weighted by Crippen LogP contribution is 2.42. The fourth-order valence-corrected chi connectivity index (χ4v) is 4.20. The first-order valence-electron chi connectivity index (χ1n) is 10.5. The lowest BCUT2D eigenvalue weighted by Gasteiger charge is -2.26. The summed E-state index contributed by atoms with van der Waals surface area (Å²) in [5.41, 5.74) is 1.46. The van der Waals surface area contributed by atoms with Crippen molar-refractivity contribution in [1.29, 1.82) is 0 Å². The molecular weight excluding hydrogens is 441 g/mol. The fourth-order valence-electron chi connectivity index (χ4n) is 4.20. The topological polar surface area (TPSA) is 85.3 Å². The van der Waals surface area contributed by atoms with Gasteiger partial charge in [0.25, 0.3) is 11.7 Å². The average molecular weight is 461 g/mol. The Kier molecular flexibility index (Phi) is 5.41. The van der Waals surface area contributed by atoms with E-state index in [1.54, 1.807) is 42.5 Å². The molecule has 5 rings (SSSR count). The minimum absolute atomic E-state index is 0.0781. The van der Waals surface area contributed by atoms with E-state index in [0.29, 0.717) is 22.8 Å². The van der Waals surface area contributed by atoms with E-state index < -0.39 is 23.5 Å². The number of ketones is 1. The van der Waals surface area contributed by atoms with E-state index >= 15 is 0 Å². The lowest BCUT2D eigenvalue weighted by atomic mass is 9.95. The molecule has 0 aromatic heterocycles. The molecule has 1 saturated heterocycles. The van der Waals surface area contributed by atoms with Crippen LogP contribution >= 0.6 is 0 Å². The van der Waals surface area contributed by atoms with Crippen LogP contribution in [0.4, 0.5) is 4.39 Å². The maximum atomic E-state index is 13.4. The number of amides is 1. The normalized spacial score (nSPS) is 18.4. The van der Waals surface area contributed by atoms with Gasteiger partial charge in [-0.15, -0.1) is 0 Å². The van der Waals surface area contributed by atoms with E-state index in [0.717, 1.165) is 5.56 Å². The maximum absolute atomic E-state index is 13.4. The number of aliphatic hydroxyl groups excluding tert-OH is 1. The van der Waals surface area contributed by atoms with Crippen LogP contribution in [0.5, 0.6) is 17.2 Å². The van der Waals surface area contributed by atoms with Gasteiger partial charge in [0, 0.05) is 12.1 Å². The quantitative estimate of drug-likeness (QED) is 0.349.